The van der Waals surface area contributed by atoms with Crippen LogP contribution in [0.4, 0.5) is 11.5 Å². The van der Waals surface area contributed by atoms with E-state index in [0.29, 0.717) is 11.1 Å². The van der Waals surface area contributed by atoms with Gasteiger partial charge in [0.1, 0.15) is 11.6 Å². The van der Waals surface area contributed by atoms with Crippen molar-refractivity contribution < 1.29 is 0 Å². The molecule has 0 bridgehead atoms. The molecule has 0 spiro atoms. The van der Waals surface area contributed by atoms with Crippen LogP contribution in [-0.2, 0) is 0 Å². The fourth-order valence-corrected chi connectivity index (χ4v) is 3.75. The van der Waals surface area contributed by atoms with Crippen molar-refractivity contribution in [2.45, 2.75) is 32.7 Å². The van der Waals surface area contributed by atoms with Crippen LogP contribution in [0.2, 0.25) is 5.02 Å². The summed E-state index contributed by atoms with van der Waals surface area (Å²) in [6.07, 6.45) is 3.97. The zero-order chi connectivity index (χ0) is 18.1. The van der Waals surface area contributed by atoms with Crippen molar-refractivity contribution in [3.05, 3.63) is 53.1 Å². The lowest BCUT2D eigenvalue weighted by molar-refractivity contribution is 0.523. The maximum absolute atomic E-state index is 6.08. The monoisotopic (exact) mass is 367 g/mol. The quantitative estimate of drug-likeness (QED) is 0.744. The molecule has 6 heteroatoms. The maximum atomic E-state index is 6.08. The predicted octanol–water partition coefficient (Wildman–Crippen LogP) is 4.38. The summed E-state index contributed by atoms with van der Waals surface area (Å²) in [4.78, 5) is 15.7. The van der Waals surface area contributed by atoms with Gasteiger partial charge in [-0.2, -0.15) is 0 Å². The molecule has 3 heterocycles. The summed E-state index contributed by atoms with van der Waals surface area (Å²) >= 11 is 6.08. The lowest BCUT2D eigenvalue weighted by atomic mass is 10.0. The van der Waals surface area contributed by atoms with Gasteiger partial charge in [0.25, 0.3) is 0 Å². The number of aryl methyl sites for hydroxylation is 2. The minimum Gasteiger partial charge on any atom is -0.382 e. The Balaban J connectivity index is 1.46. The van der Waals surface area contributed by atoms with E-state index in [1.165, 1.54) is 0 Å². The fourth-order valence-electron chi connectivity index (χ4n) is 3.58. The molecule has 1 aliphatic heterocycles. The van der Waals surface area contributed by atoms with Crippen molar-refractivity contribution in [1.29, 1.82) is 0 Å². The lowest BCUT2D eigenvalue weighted by Gasteiger charge is -2.34. The number of pyridine rings is 1. The van der Waals surface area contributed by atoms with Crippen LogP contribution in [0.25, 0.3) is 10.9 Å². The Bertz CT molecular complexity index is 914. The largest absolute Gasteiger partial charge is 0.382 e. The van der Waals surface area contributed by atoms with E-state index in [4.69, 9.17) is 11.6 Å². The molecular formula is C20H22ClN5. The first kappa shape index (κ1) is 17.0. The highest BCUT2D eigenvalue weighted by atomic mass is 35.5. The van der Waals surface area contributed by atoms with Crippen molar-refractivity contribution in [3.8, 4) is 0 Å². The van der Waals surface area contributed by atoms with Gasteiger partial charge in [0.05, 0.1) is 5.52 Å². The van der Waals surface area contributed by atoms with Crippen molar-refractivity contribution >= 4 is 34.0 Å². The third-order valence-corrected chi connectivity index (χ3v) is 5.07. The zero-order valence-electron chi connectivity index (χ0n) is 15.0. The van der Waals surface area contributed by atoms with Gasteiger partial charge in [0, 0.05) is 53.2 Å². The highest BCUT2D eigenvalue weighted by Gasteiger charge is 2.21. The smallest absolute Gasteiger partial charge is 0.132 e. The van der Waals surface area contributed by atoms with Gasteiger partial charge < -0.3 is 10.2 Å². The molecule has 1 saturated heterocycles. The standard InChI is InChI=1S/C20H22ClN5/c1-13-11-20(24-14(2)23-13)26-9-6-16(7-10-26)25-18-5-8-22-19-12-15(21)3-4-17(18)19/h3-5,8,11-12,16H,6-7,9-10H2,1-2H3,(H,22,25). The summed E-state index contributed by atoms with van der Waals surface area (Å²) in [5.74, 6) is 1.87. The molecule has 1 aromatic carbocycles. The number of hydrogen-bond donors (Lipinski definition) is 1. The molecule has 0 amide bonds. The normalized spacial score (nSPS) is 15.4. The average molecular weight is 368 g/mol. The van der Waals surface area contributed by atoms with E-state index in [-0.39, 0.29) is 0 Å². The molecular weight excluding hydrogens is 346 g/mol. The molecule has 1 N–H and O–H groups in total. The highest BCUT2D eigenvalue weighted by Crippen LogP contribution is 2.27. The molecule has 1 fully saturated rings. The predicted molar refractivity (Wildman–Crippen MR) is 107 cm³/mol. The maximum Gasteiger partial charge on any atom is 0.132 e. The Morgan fingerprint density at radius 3 is 2.65 bits per heavy atom. The van der Waals surface area contributed by atoms with Crippen LogP contribution in [0.3, 0.4) is 0 Å². The first-order valence-corrected chi connectivity index (χ1v) is 9.34. The van der Waals surface area contributed by atoms with Crippen LogP contribution in [0.15, 0.2) is 36.5 Å². The van der Waals surface area contributed by atoms with Crippen LogP contribution < -0.4 is 10.2 Å². The molecule has 5 nitrogen and oxygen atoms in total. The van der Waals surface area contributed by atoms with E-state index < -0.39 is 0 Å². The number of rotatable bonds is 3. The van der Waals surface area contributed by atoms with Gasteiger partial charge in [0.15, 0.2) is 0 Å². The van der Waals surface area contributed by atoms with Gasteiger partial charge >= 0.3 is 0 Å². The number of nitrogens with zero attached hydrogens (tertiary/aromatic N) is 4. The summed E-state index contributed by atoms with van der Waals surface area (Å²) in [7, 11) is 0. The third-order valence-electron chi connectivity index (χ3n) is 4.84. The minimum atomic E-state index is 0.441. The number of benzene rings is 1. The van der Waals surface area contributed by atoms with Gasteiger partial charge in [-0.15, -0.1) is 0 Å². The number of nitrogens with one attached hydrogen (secondary N) is 1. The number of anilines is 2. The van der Waals surface area contributed by atoms with Crippen molar-refractivity contribution in [2.24, 2.45) is 0 Å². The molecule has 0 radical (unpaired) electrons. The SMILES string of the molecule is Cc1cc(N2CCC(Nc3ccnc4cc(Cl)ccc34)CC2)nc(C)n1. The topological polar surface area (TPSA) is 53.9 Å². The first-order chi connectivity index (χ1) is 12.6. The molecule has 0 atom stereocenters. The van der Waals surface area contributed by atoms with E-state index >= 15 is 0 Å². The average Bonchev–Trinajstić information content (AvgIpc) is 2.61. The van der Waals surface area contributed by atoms with E-state index in [0.717, 1.165) is 59.9 Å². The van der Waals surface area contributed by atoms with E-state index in [9.17, 15) is 0 Å². The Hall–Kier alpha value is -2.40. The number of hydrogen-bond acceptors (Lipinski definition) is 5. The molecule has 4 rings (SSSR count). The number of fused-ring (bicyclic) bond motifs is 1. The second-order valence-corrected chi connectivity index (χ2v) is 7.28. The molecule has 26 heavy (non-hydrogen) atoms. The molecule has 0 unspecified atom stereocenters. The van der Waals surface area contributed by atoms with Gasteiger partial charge in [-0.25, -0.2) is 9.97 Å². The van der Waals surface area contributed by atoms with Crippen LogP contribution >= 0.6 is 11.6 Å². The van der Waals surface area contributed by atoms with Crippen LogP contribution in [0, 0.1) is 13.8 Å². The van der Waals surface area contributed by atoms with Crippen molar-refractivity contribution in [1.82, 2.24) is 15.0 Å². The fraction of sp³-hybridized carbons (Fsp3) is 0.350. The molecule has 0 aliphatic carbocycles. The van der Waals surface area contributed by atoms with Crippen LogP contribution in [-0.4, -0.2) is 34.1 Å². The minimum absolute atomic E-state index is 0.441. The molecule has 134 valence electrons. The molecule has 3 aromatic rings. The Morgan fingerprint density at radius 1 is 1.08 bits per heavy atom. The Kier molecular flexibility index (Phi) is 4.64. The zero-order valence-corrected chi connectivity index (χ0v) is 15.8. The highest BCUT2D eigenvalue weighted by molar-refractivity contribution is 6.31. The summed E-state index contributed by atoms with van der Waals surface area (Å²) in [5.41, 5.74) is 3.07. The van der Waals surface area contributed by atoms with Gasteiger partial charge in [-0.3, -0.25) is 4.98 Å². The second kappa shape index (κ2) is 7.08. The summed E-state index contributed by atoms with van der Waals surface area (Å²) in [6, 6.07) is 10.4. The summed E-state index contributed by atoms with van der Waals surface area (Å²) < 4.78 is 0. The lowest BCUT2D eigenvalue weighted by Crippen LogP contribution is -2.39. The van der Waals surface area contributed by atoms with E-state index in [1.807, 2.05) is 44.3 Å². The third kappa shape index (κ3) is 3.58. The van der Waals surface area contributed by atoms with E-state index in [1.54, 1.807) is 0 Å². The summed E-state index contributed by atoms with van der Waals surface area (Å²) in [5, 5.41) is 5.52. The number of piperidine rings is 1. The van der Waals surface area contributed by atoms with E-state index in [2.05, 4.69) is 31.2 Å². The molecule has 2 aromatic heterocycles. The number of halogens is 1. The molecule has 0 saturated carbocycles. The Labute approximate surface area is 158 Å². The first-order valence-electron chi connectivity index (χ1n) is 8.96. The summed E-state index contributed by atoms with van der Waals surface area (Å²) in [6.45, 7) is 5.95. The van der Waals surface area contributed by atoms with Crippen LogP contribution in [0.5, 0.6) is 0 Å². The van der Waals surface area contributed by atoms with Gasteiger partial charge in [0.2, 0.25) is 0 Å². The second-order valence-electron chi connectivity index (χ2n) is 6.84. The number of aromatic nitrogens is 3. The van der Waals surface area contributed by atoms with Gasteiger partial charge in [-0.05, 0) is 51.0 Å². The van der Waals surface area contributed by atoms with Gasteiger partial charge in [-0.1, -0.05) is 11.6 Å². The Morgan fingerprint density at radius 2 is 1.88 bits per heavy atom. The van der Waals surface area contributed by atoms with Crippen molar-refractivity contribution in [3.63, 3.8) is 0 Å². The van der Waals surface area contributed by atoms with Crippen LogP contribution in [0.1, 0.15) is 24.4 Å². The molecule has 1 aliphatic rings. The van der Waals surface area contributed by atoms with Crippen molar-refractivity contribution in [2.75, 3.05) is 23.3 Å².